The third-order valence-corrected chi connectivity index (χ3v) is 4.36. The fourth-order valence-electron chi connectivity index (χ4n) is 2.62. The molecule has 28 heavy (non-hydrogen) atoms. The summed E-state index contributed by atoms with van der Waals surface area (Å²) in [7, 11) is 0. The first-order chi connectivity index (χ1) is 13.4. The lowest BCUT2D eigenvalue weighted by Crippen LogP contribution is -2.36. The lowest BCUT2D eigenvalue weighted by molar-refractivity contribution is -0.120. The second-order valence-electron chi connectivity index (χ2n) is 6.76. The van der Waals surface area contributed by atoms with Crippen molar-refractivity contribution in [3.63, 3.8) is 0 Å². The molecule has 0 unspecified atom stereocenters. The summed E-state index contributed by atoms with van der Waals surface area (Å²) in [6.45, 7) is 6.09. The SMILES string of the molecule is CCCC(=O)Nc1cccc(CNC(=O)CNC(=O)c2ccc(C)c(C)c2)c1. The summed E-state index contributed by atoms with van der Waals surface area (Å²) in [4.78, 5) is 35.9. The van der Waals surface area contributed by atoms with Crippen LogP contribution in [0.3, 0.4) is 0 Å². The Bertz CT molecular complexity index is 862. The van der Waals surface area contributed by atoms with Gasteiger partial charge >= 0.3 is 0 Å². The Hall–Kier alpha value is -3.15. The second kappa shape index (κ2) is 10.3. The van der Waals surface area contributed by atoms with Crippen LogP contribution >= 0.6 is 0 Å². The minimum absolute atomic E-state index is 0.0299. The number of hydrogen-bond acceptors (Lipinski definition) is 3. The molecule has 0 fully saturated rings. The van der Waals surface area contributed by atoms with Crippen LogP contribution in [0.4, 0.5) is 5.69 Å². The molecule has 0 atom stereocenters. The molecule has 0 bridgehead atoms. The molecule has 0 aliphatic heterocycles. The number of amides is 3. The molecule has 2 aromatic rings. The maximum absolute atomic E-state index is 12.2. The lowest BCUT2D eigenvalue weighted by atomic mass is 10.1. The van der Waals surface area contributed by atoms with Crippen LogP contribution in [0.5, 0.6) is 0 Å². The first kappa shape index (κ1) is 21.2. The van der Waals surface area contributed by atoms with E-state index in [1.165, 1.54) is 0 Å². The molecular formula is C22H27N3O3. The number of nitrogens with one attached hydrogen (secondary N) is 3. The molecule has 148 valence electrons. The first-order valence-corrected chi connectivity index (χ1v) is 9.40. The predicted molar refractivity (Wildman–Crippen MR) is 110 cm³/mol. The molecule has 3 N–H and O–H groups in total. The maximum atomic E-state index is 12.2. The van der Waals surface area contributed by atoms with Gasteiger partial charge in [-0.25, -0.2) is 0 Å². The van der Waals surface area contributed by atoms with Crippen LogP contribution in [-0.2, 0) is 16.1 Å². The zero-order chi connectivity index (χ0) is 20.5. The summed E-state index contributed by atoms with van der Waals surface area (Å²) < 4.78 is 0. The van der Waals surface area contributed by atoms with Crippen LogP contribution in [0.1, 0.15) is 46.8 Å². The van der Waals surface area contributed by atoms with E-state index in [4.69, 9.17) is 0 Å². The molecule has 0 heterocycles. The highest BCUT2D eigenvalue weighted by Crippen LogP contribution is 2.11. The van der Waals surface area contributed by atoms with Crippen molar-refractivity contribution in [3.05, 3.63) is 64.7 Å². The number of carbonyl (C=O) groups is 3. The van der Waals surface area contributed by atoms with E-state index < -0.39 is 0 Å². The van der Waals surface area contributed by atoms with E-state index in [9.17, 15) is 14.4 Å². The highest BCUT2D eigenvalue weighted by molar-refractivity contribution is 5.96. The largest absolute Gasteiger partial charge is 0.350 e. The van der Waals surface area contributed by atoms with Gasteiger partial charge in [0, 0.05) is 24.2 Å². The van der Waals surface area contributed by atoms with Crippen LogP contribution in [0.15, 0.2) is 42.5 Å². The third kappa shape index (κ3) is 6.54. The van der Waals surface area contributed by atoms with Gasteiger partial charge in [-0.3, -0.25) is 14.4 Å². The van der Waals surface area contributed by atoms with Gasteiger partial charge in [0.05, 0.1) is 6.54 Å². The Labute approximate surface area is 165 Å². The predicted octanol–water partition coefficient (Wildman–Crippen LogP) is 3.09. The van der Waals surface area contributed by atoms with Crippen LogP contribution in [0.2, 0.25) is 0 Å². The summed E-state index contributed by atoms with van der Waals surface area (Å²) in [5, 5.41) is 8.22. The normalized spacial score (nSPS) is 10.2. The Morgan fingerprint density at radius 3 is 2.39 bits per heavy atom. The van der Waals surface area contributed by atoms with Gasteiger partial charge in [-0.15, -0.1) is 0 Å². The molecule has 6 nitrogen and oxygen atoms in total. The molecule has 6 heteroatoms. The molecule has 3 amide bonds. The monoisotopic (exact) mass is 381 g/mol. The Morgan fingerprint density at radius 2 is 1.68 bits per heavy atom. The average Bonchev–Trinajstić information content (AvgIpc) is 2.67. The summed E-state index contributed by atoms with van der Waals surface area (Å²) >= 11 is 0. The fraction of sp³-hybridized carbons (Fsp3) is 0.318. The van der Waals surface area contributed by atoms with E-state index in [-0.39, 0.29) is 24.3 Å². The van der Waals surface area contributed by atoms with Gasteiger partial charge in [0.15, 0.2) is 0 Å². The van der Waals surface area contributed by atoms with E-state index in [2.05, 4.69) is 16.0 Å². The molecule has 2 rings (SSSR count). The molecule has 2 aromatic carbocycles. The molecule has 0 spiro atoms. The number of benzene rings is 2. The van der Waals surface area contributed by atoms with Crippen molar-refractivity contribution >= 4 is 23.4 Å². The zero-order valence-electron chi connectivity index (χ0n) is 16.6. The summed E-state index contributed by atoms with van der Waals surface area (Å²) in [5.41, 5.74) is 4.24. The van der Waals surface area contributed by atoms with Crippen molar-refractivity contribution in [1.29, 1.82) is 0 Å². The third-order valence-electron chi connectivity index (χ3n) is 4.36. The van der Waals surface area contributed by atoms with Gasteiger partial charge in [-0.1, -0.05) is 25.1 Å². The molecule has 0 aliphatic carbocycles. The van der Waals surface area contributed by atoms with Crippen molar-refractivity contribution in [3.8, 4) is 0 Å². The molecule has 0 saturated carbocycles. The summed E-state index contributed by atoms with van der Waals surface area (Å²) in [6, 6.07) is 12.8. The number of rotatable bonds is 8. The Kier molecular flexibility index (Phi) is 7.75. The second-order valence-corrected chi connectivity index (χ2v) is 6.76. The number of hydrogen-bond donors (Lipinski definition) is 3. The quantitative estimate of drug-likeness (QED) is 0.657. The smallest absolute Gasteiger partial charge is 0.251 e. The number of aryl methyl sites for hydroxylation is 2. The summed E-state index contributed by atoms with van der Waals surface area (Å²) in [5.74, 6) is -0.589. The molecule has 0 saturated heterocycles. The number of carbonyl (C=O) groups excluding carboxylic acids is 3. The van der Waals surface area contributed by atoms with E-state index in [0.717, 1.165) is 23.1 Å². The van der Waals surface area contributed by atoms with Gasteiger partial charge in [-0.05, 0) is 61.2 Å². The van der Waals surface area contributed by atoms with E-state index in [0.29, 0.717) is 24.2 Å². The van der Waals surface area contributed by atoms with E-state index in [1.54, 1.807) is 12.1 Å². The van der Waals surface area contributed by atoms with E-state index >= 15 is 0 Å². The van der Waals surface area contributed by atoms with Crippen LogP contribution in [-0.4, -0.2) is 24.3 Å². The van der Waals surface area contributed by atoms with Crippen molar-refractivity contribution < 1.29 is 14.4 Å². The van der Waals surface area contributed by atoms with Crippen molar-refractivity contribution in [2.24, 2.45) is 0 Å². The zero-order valence-corrected chi connectivity index (χ0v) is 16.6. The average molecular weight is 381 g/mol. The Balaban J connectivity index is 1.81. The maximum Gasteiger partial charge on any atom is 0.251 e. The molecule has 0 radical (unpaired) electrons. The van der Waals surface area contributed by atoms with Crippen LogP contribution in [0, 0.1) is 13.8 Å². The van der Waals surface area contributed by atoms with Gasteiger partial charge in [-0.2, -0.15) is 0 Å². The van der Waals surface area contributed by atoms with Gasteiger partial charge < -0.3 is 16.0 Å². The highest BCUT2D eigenvalue weighted by Gasteiger charge is 2.09. The highest BCUT2D eigenvalue weighted by atomic mass is 16.2. The standard InChI is InChI=1S/C22H27N3O3/c1-4-6-20(26)25-19-8-5-7-17(12-19)13-23-21(27)14-24-22(28)18-10-9-15(2)16(3)11-18/h5,7-12H,4,6,13-14H2,1-3H3,(H,23,27)(H,24,28)(H,25,26). The van der Waals surface area contributed by atoms with Gasteiger partial charge in [0.1, 0.15) is 0 Å². The minimum atomic E-state index is -0.280. The topological polar surface area (TPSA) is 87.3 Å². The molecular weight excluding hydrogens is 354 g/mol. The summed E-state index contributed by atoms with van der Waals surface area (Å²) in [6.07, 6.45) is 1.26. The van der Waals surface area contributed by atoms with Gasteiger partial charge in [0.25, 0.3) is 5.91 Å². The van der Waals surface area contributed by atoms with Crippen LogP contribution < -0.4 is 16.0 Å². The van der Waals surface area contributed by atoms with Gasteiger partial charge in [0.2, 0.25) is 11.8 Å². The molecule has 0 aliphatic rings. The van der Waals surface area contributed by atoms with Crippen molar-refractivity contribution in [2.45, 2.75) is 40.2 Å². The van der Waals surface area contributed by atoms with Crippen molar-refractivity contribution in [1.82, 2.24) is 10.6 Å². The lowest BCUT2D eigenvalue weighted by Gasteiger charge is -2.10. The Morgan fingerprint density at radius 1 is 0.893 bits per heavy atom. The molecule has 0 aromatic heterocycles. The number of anilines is 1. The first-order valence-electron chi connectivity index (χ1n) is 9.40. The van der Waals surface area contributed by atoms with Crippen LogP contribution in [0.25, 0.3) is 0 Å². The van der Waals surface area contributed by atoms with E-state index in [1.807, 2.05) is 51.1 Å². The van der Waals surface area contributed by atoms with Crippen molar-refractivity contribution in [2.75, 3.05) is 11.9 Å². The fourth-order valence-corrected chi connectivity index (χ4v) is 2.62. The minimum Gasteiger partial charge on any atom is -0.350 e.